The third-order valence-electron chi connectivity index (χ3n) is 9.84. The Hall–Kier alpha value is -1.76. The fourth-order valence-electron chi connectivity index (χ4n) is 7.88. The Morgan fingerprint density at radius 3 is 1.10 bits per heavy atom. The van der Waals surface area contributed by atoms with E-state index in [0.29, 0.717) is 48.7 Å². The average molecular weight is 683 g/mol. The zero-order valence-electron chi connectivity index (χ0n) is 32.6. The van der Waals surface area contributed by atoms with Gasteiger partial charge in [-0.25, -0.2) is 0 Å². The van der Waals surface area contributed by atoms with Crippen molar-refractivity contribution >= 4 is 0 Å². The molecule has 2 aromatic rings. The van der Waals surface area contributed by atoms with Gasteiger partial charge in [0.15, 0.2) is 12.6 Å². The molecule has 0 fully saturated rings. The highest BCUT2D eigenvalue weighted by Gasteiger charge is 2.21. The second-order valence-electron chi connectivity index (χ2n) is 16.2. The van der Waals surface area contributed by atoms with Crippen LogP contribution >= 0.6 is 0 Å². The van der Waals surface area contributed by atoms with Crippen molar-refractivity contribution in [2.45, 2.75) is 170 Å². The fraction of sp³-hybridized carbons (Fsp3) is 0.727. The van der Waals surface area contributed by atoms with E-state index < -0.39 is 0 Å². The van der Waals surface area contributed by atoms with E-state index >= 15 is 0 Å². The largest absolute Gasteiger partial charge is 0.393 e. The van der Waals surface area contributed by atoms with Crippen LogP contribution in [0.2, 0.25) is 0 Å². The molecule has 10 unspecified atom stereocenters. The van der Waals surface area contributed by atoms with E-state index in [1.54, 1.807) is 0 Å². The van der Waals surface area contributed by atoms with E-state index in [1.807, 2.05) is 26.0 Å². The first-order valence-electron chi connectivity index (χ1n) is 19.7. The van der Waals surface area contributed by atoms with E-state index in [1.165, 1.54) is 25.7 Å². The molecule has 2 N–H and O–H groups in total. The highest BCUT2D eigenvalue weighted by Crippen LogP contribution is 2.28. The first-order valence-corrected chi connectivity index (χ1v) is 19.7. The third-order valence-corrected chi connectivity index (χ3v) is 9.84. The van der Waals surface area contributed by atoms with Crippen molar-refractivity contribution < 1.29 is 24.4 Å². The van der Waals surface area contributed by atoms with Gasteiger partial charge < -0.3 is 24.4 Å². The van der Waals surface area contributed by atoms with Crippen molar-refractivity contribution in [2.24, 2.45) is 35.5 Å². The Morgan fingerprint density at radius 1 is 0.429 bits per heavy atom. The lowest BCUT2D eigenvalue weighted by atomic mass is 9.86. The maximum absolute atomic E-state index is 9.77. The Labute approximate surface area is 301 Å². The molecule has 2 rings (SSSR count). The Kier molecular flexibility index (Phi) is 22.4. The molecule has 0 aliphatic carbocycles. The average Bonchev–Trinajstić information content (AvgIpc) is 3.02. The van der Waals surface area contributed by atoms with Crippen LogP contribution in [-0.2, 0) is 27.4 Å². The van der Waals surface area contributed by atoms with Crippen LogP contribution < -0.4 is 0 Å². The number of benzene rings is 2. The van der Waals surface area contributed by atoms with Crippen molar-refractivity contribution in [3.8, 4) is 0 Å². The molecule has 280 valence electrons. The van der Waals surface area contributed by atoms with Crippen LogP contribution in [-0.4, -0.2) is 35.0 Å². The van der Waals surface area contributed by atoms with Gasteiger partial charge in [-0.3, -0.25) is 0 Å². The summed E-state index contributed by atoms with van der Waals surface area (Å²) in [6.07, 6.45) is 11.5. The highest BCUT2D eigenvalue weighted by atomic mass is 16.8. The molecule has 2 aromatic carbocycles. The van der Waals surface area contributed by atoms with Crippen molar-refractivity contribution in [3.63, 3.8) is 0 Å². The van der Waals surface area contributed by atoms with Crippen LogP contribution in [0.25, 0.3) is 0 Å². The minimum absolute atomic E-state index is 0.221. The summed E-state index contributed by atoms with van der Waals surface area (Å²) in [5.74, 6) is 3.67. The predicted molar refractivity (Wildman–Crippen MR) is 205 cm³/mol. The van der Waals surface area contributed by atoms with Gasteiger partial charge in [0.05, 0.1) is 25.4 Å². The number of hydrogen-bond donors (Lipinski definition) is 2. The summed E-state index contributed by atoms with van der Waals surface area (Å²) >= 11 is 0. The van der Waals surface area contributed by atoms with Gasteiger partial charge in [-0.05, 0) is 125 Å². The second kappa shape index (κ2) is 25.2. The summed E-state index contributed by atoms with van der Waals surface area (Å²) < 4.78 is 19.6. The summed E-state index contributed by atoms with van der Waals surface area (Å²) in [7, 11) is 0. The zero-order valence-corrected chi connectivity index (χ0v) is 32.6. The Bertz CT molecular complexity index is 960. The summed E-state index contributed by atoms with van der Waals surface area (Å²) in [6.45, 7) is 18.8. The molecule has 10 atom stereocenters. The summed E-state index contributed by atoms with van der Waals surface area (Å²) in [5.41, 5.74) is 2.30. The van der Waals surface area contributed by atoms with Crippen LogP contribution in [0.15, 0.2) is 60.7 Å². The SMILES string of the molecule is CC(O)CC(C)CC(C)CC(C)CCCC(OCc1ccccc1)OC(CCCC(C)CC(C)CC(C)CC(C)O)OCc1ccccc1. The van der Waals surface area contributed by atoms with Crippen molar-refractivity contribution in [3.05, 3.63) is 71.8 Å². The molecule has 0 bridgehead atoms. The maximum Gasteiger partial charge on any atom is 0.161 e. The van der Waals surface area contributed by atoms with Gasteiger partial charge in [0, 0.05) is 0 Å². The lowest BCUT2D eigenvalue weighted by Gasteiger charge is -2.27. The molecule has 0 heterocycles. The monoisotopic (exact) mass is 683 g/mol. The first kappa shape index (κ1) is 43.4. The molecule has 5 heteroatoms. The summed E-state index contributed by atoms with van der Waals surface area (Å²) in [4.78, 5) is 0. The maximum atomic E-state index is 9.77. The van der Waals surface area contributed by atoms with Gasteiger partial charge in [-0.2, -0.15) is 0 Å². The van der Waals surface area contributed by atoms with E-state index in [4.69, 9.17) is 14.2 Å². The molecule has 49 heavy (non-hydrogen) atoms. The van der Waals surface area contributed by atoms with Gasteiger partial charge in [0.1, 0.15) is 0 Å². The van der Waals surface area contributed by atoms with Gasteiger partial charge in [0.25, 0.3) is 0 Å². The third kappa shape index (κ3) is 21.9. The van der Waals surface area contributed by atoms with Crippen LogP contribution in [0.5, 0.6) is 0 Å². The number of ether oxygens (including phenoxy) is 3. The topological polar surface area (TPSA) is 68.2 Å². The van der Waals surface area contributed by atoms with Crippen LogP contribution in [0.1, 0.15) is 144 Å². The first-order chi connectivity index (χ1) is 23.4. The van der Waals surface area contributed by atoms with Crippen LogP contribution in [0.3, 0.4) is 0 Å². The molecule has 0 aliphatic rings. The molecule has 0 spiro atoms. The quantitative estimate of drug-likeness (QED) is 0.0874. The summed E-state index contributed by atoms with van der Waals surface area (Å²) in [6, 6.07) is 20.7. The molecule has 0 saturated carbocycles. The van der Waals surface area contributed by atoms with E-state index in [2.05, 4.69) is 90.1 Å². The molecule has 0 aliphatic heterocycles. The van der Waals surface area contributed by atoms with Crippen molar-refractivity contribution in [1.82, 2.24) is 0 Å². The molecule has 0 radical (unpaired) electrons. The molecular formula is C44H74O5. The zero-order chi connectivity index (χ0) is 36.0. The Balaban J connectivity index is 1.98. The van der Waals surface area contributed by atoms with Crippen LogP contribution in [0.4, 0.5) is 0 Å². The van der Waals surface area contributed by atoms with Crippen molar-refractivity contribution in [1.29, 1.82) is 0 Å². The second-order valence-corrected chi connectivity index (χ2v) is 16.2. The van der Waals surface area contributed by atoms with E-state index in [0.717, 1.165) is 62.5 Å². The fourth-order valence-corrected chi connectivity index (χ4v) is 7.88. The molecule has 0 amide bonds. The normalized spacial score (nSPS) is 18.2. The smallest absolute Gasteiger partial charge is 0.161 e. The van der Waals surface area contributed by atoms with E-state index in [-0.39, 0.29) is 24.8 Å². The van der Waals surface area contributed by atoms with E-state index in [9.17, 15) is 10.2 Å². The molecule has 5 nitrogen and oxygen atoms in total. The van der Waals surface area contributed by atoms with Crippen LogP contribution in [0, 0.1) is 35.5 Å². The standard InChI is InChI=1S/C44H74O5/c1-33(25-35(3)27-37(5)29-39(7)45)17-15-23-43(47-31-41-19-11-9-12-20-41)49-44(48-32-42-21-13-10-14-22-42)24-16-18-34(2)26-36(4)28-38(6)30-40(8)46/h9-14,19-22,33-40,43-46H,15-18,23-32H2,1-8H3. The molecule has 0 aromatic heterocycles. The summed E-state index contributed by atoms with van der Waals surface area (Å²) in [5, 5.41) is 19.5. The van der Waals surface area contributed by atoms with Crippen molar-refractivity contribution in [2.75, 3.05) is 0 Å². The predicted octanol–water partition coefficient (Wildman–Crippen LogP) is 11.3. The lowest BCUT2D eigenvalue weighted by molar-refractivity contribution is -0.257. The highest BCUT2D eigenvalue weighted by molar-refractivity contribution is 5.14. The minimum atomic E-state index is -0.329. The number of rotatable bonds is 28. The number of aliphatic hydroxyl groups excluding tert-OH is 2. The Morgan fingerprint density at radius 2 is 0.755 bits per heavy atom. The van der Waals surface area contributed by atoms with Gasteiger partial charge in [0.2, 0.25) is 0 Å². The van der Waals surface area contributed by atoms with Gasteiger partial charge in [-0.15, -0.1) is 0 Å². The lowest BCUT2D eigenvalue weighted by Crippen LogP contribution is -2.27. The van der Waals surface area contributed by atoms with Gasteiger partial charge >= 0.3 is 0 Å². The number of hydrogen-bond acceptors (Lipinski definition) is 5. The molecular weight excluding hydrogens is 608 g/mol. The minimum Gasteiger partial charge on any atom is -0.393 e. The number of aliphatic hydroxyl groups is 2. The molecule has 0 saturated heterocycles. The van der Waals surface area contributed by atoms with Gasteiger partial charge in [-0.1, -0.05) is 115 Å².